The number of nitrogens with two attached hydrogens (primary N) is 1. The summed E-state index contributed by atoms with van der Waals surface area (Å²) in [7, 11) is -3.34. The molecule has 3 aliphatic rings. The number of nitrogens with zero attached hydrogens (tertiary/aromatic N) is 1. The maximum Gasteiger partial charge on any atom is 0.280 e. The molecule has 2 saturated carbocycles. The zero-order chi connectivity index (χ0) is 13.5. The molecule has 1 aliphatic heterocycles. The van der Waals surface area contributed by atoms with Crippen molar-refractivity contribution in [3.63, 3.8) is 0 Å². The summed E-state index contributed by atoms with van der Waals surface area (Å²) in [6.07, 6.45) is 7.90. The van der Waals surface area contributed by atoms with Gasteiger partial charge in [0.05, 0.1) is 0 Å². The van der Waals surface area contributed by atoms with E-state index in [9.17, 15) is 8.42 Å². The van der Waals surface area contributed by atoms with Gasteiger partial charge >= 0.3 is 0 Å². The van der Waals surface area contributed by atoms with Crippen molar-refractivity contribution in [2.45, 2.75) is 57.0 Å². The second-order valence-electron chi connectivity index (χ2n) is 6.41. The van der Waals surface area contributed by atoms with Gasteiger partial charge in [-0.05, 0) is 43.9 Å². The average Bonchev–Trinajstić information content (AvgIpc) is 3.11. The standard InChI is InChI=1S/C13H25N3O2S/c14-8-13(11-3-1-2-4-11)15-19(17,18)16-9-10-5-6-12(16)7-10/h10-13,15H,1-9,14H2. The number of hydrogen-bond acceptors (Lipinski definition) is 3. The predicted molar refractivity (Wildman–Crippen MR) is 74.7 cm³/mol. The van der Waals surface area contributed by atoms with Crippen molar-refractivity contribution < 1.29 is 8.42 Å². The maximum atomic E-state index is 12.5. The lowest BCUT2D eigenvalue weighted by Gasteiger charge is -2.30. The molecule has 1 saturated heterocycles. The molecule has 0 aromatic heterocycles. The largest absolute Gasteiger partial charge is 0.329 e. The van der Waals surface area contributed by atoms with E-state index in [-0.39, 0.29) is 12.1 Å². The minimum atomic E-state index is -3.34. The Morgan fingerprint density at radius 1 is 1.21 bits per heavy atom. The second kappa shape index (κ2) is 5.31. The molecule has 5 nitrogen and oxygen atoms in total. The molecule has 2 bridgehead atoms. The molecule has 3 rings (SSSR count). The van der Waals surface area contributed by atoms with Gasteiger partial charge in [-0.15, -0.1) is 0 Å². The number of fused-ring (bicyclic) bond motifs is 2. The van der Waals surface area contributed by atoms with Crippen LogP contribution in [0.15, 0.2) is 0 Å². The number of piperidine rings is 1. The number of hydrogen-bond donors (Lipinski definition) is 2. The van der Waals surface area contributed by atoms with Crippen LogP contribution in [-0.4, -0.2) is 37.9 Å². The van der Waals surface area contributed by atoms with Gasteiger partial charge in [0.1, 0.15) is 0 Å². The monoisotopic (exact) mass is 287 g/mol. The van der Waals surface area contributed by atoms with E-state index in [1.54, 1.807) is 4.31 Å². The highest BCUT2D eigenvalue weighted by Crippen LogP contribution is 2.39. The molecule has 3 N–H and O–H groups in total. The van der Waals surface area contributed by atoms with Crippen LogP contribution in [0, 0.1) is 11.8 Å². The molecule has 1 heterocycles. The summed E-state index contributed by atoms with van der Waals surface area (Å²) < 4.78 is 29.6. The SMILES string of the molecule is NCC(NS(=O)(=O)N1CC2CCC1C2)C1CCCC1. The minimum Gasteiger partial charge on any atom is -0.329 e. The summed E-state index contributed by atoms with van der Waals surface area (Å²) in [5.41, 5.74) is 5.79. The Balaban J connectivity index is 1.66. The molecule has 3 atom stereocenters. The van der Waals surface area contributed by atoms with Crippen molar-refractivity contribution in [1.29, 1.82) is 0 Å². The summed E-state index contributed by atoms with van der Waals surface area (Å²) in [5.74, 6) is 1.02. The minimum absolute atomic E-state index is 0.0772. The third-order valence-electron chi connectivity index (χ3n) is 5.19. The molecule has 0 radical (unpaired) electrons. The van der Waals surface area contributed by atoms with E-state index < -0.39 is 10.2 Å². The van der Waals surface area contributed by atoms with Gasteiger partial charge in [0.2, 0.25) is 0 Å². The fourth-order valence-electron chi connectivity index (χ4n) is 4.13. The smallest absolute Gasteiger partial charge is 0.280 e. The van der Waals surface area contributed by atoms with Crippen molar-refractivity contribution in [3.05, 3.63) is 0 Å². The van der Waals surface area contributed by atoms with Crippen LogP contribution in [-0.2, 0) is 10.2 Å². The molecule has 2 aliphatic carbocycles. The predicted octanol–water partition coefficient (Wildman–Crippen LogP) is 0.823. The van der Waals surface area contributed by atoms with E-state index in [0.717, 1.165) is 25.7 Å². The molecule has 0 spiro atoms. The topological polar surface area (TPSA) is 75.4 Å². The Labute approximate surface area is 116 Å². The third kappa shape index (κ3) is 2.68. The van der Waals surface area contributed by atoms with Crippen molar-refractivity contribution in [2.75, 3.05) is 13.1 Å². The first-order valence-electron chi connectivity index (χ1n) is 7.59. The second-order valence-corrected chi connectivity index (χ2v) is 8.07. The lowest BCUT2D eigenvalue weighted by molar-refractivity contribution is 0.317. The van der Waals surface area contributed by atoms with Crippen LogP contribution in [0.4, 0.5) is 0 Å². The highest BCUT2D eigenvalue weighted by molar-refractivity contribution is 7.87. The molecular formula is C13H25N3O2S. The van der Waals surface area contributed by atoms with Crippen LogP contribution >= 0.6 is 0 Å². The van der Waals surface area contributed by atoms with Crippen LogP contribution in [0.25, 0.3) is 0 Å². The van der Waals surface area contributed by atoms with Gasteiger partial charge < -0.3 is 5.73 Å². The van der Waals surface area contributed by atoms with E-state index in [4.69, 9.17) is 5.73 Å². The molecule has 0 amide bonds. The van der Waals surface area contributed by atoms with Gasteiger partial charge in [-0.2, -0.15) is 17.4 Å². The summed E-state index contributed by atoms with van der Waals surface area (Å²) in [6.45, 7) is 1.12. The number of nitrogens with one attached hydrogen (secondary N) is 1. The molecule has 3 fully saturated rings. The summed E-state index contributed by atoms with van der Waals surface area (Å²) in [4.78, 5) is 0. The van der Waals surface area contributed by atoms with Crippen LogP contribution < -0.4 is 10.5 Å². The molecule has 3 unspecified atom stereocenters. The van der Waals surface area contributed by atoms with Gasteiger partial charge in [0.15, 0.2) is 0 Å². The highest BCUT2D eigenvalue weighted by Gasteiger charge is 2.44. The van der Waals surface area contributed by atoms with Crippen LogP contribution in [0.3, 0.4) is 0 Å². The first kappa shape index (κ1) is 13.8. The molecule has 0 aromatic carbocycles. The Bertz CT molecular complexity index is 420. The van der Waals surface area contributed by atoms with Gasteiger partial charge in [-0.3, -0.25) is 0 Å². The van der Waals surface area contributed by atoms with Crippen molar-refractivity contribution in [3.8, 4) is 0 Å². The van der Waals surface area contributed by atoms with E-state index in [1.165, 1.54) is 19.3 Å². The van der Waals surface area contributed by atoms with Gasteiger partial charge in [0.25, 0.3) is 10.2 Å². The Morgan fingerprint density at radius 2 is 1.95 bits per heavy atom. The van der Waals surface area contributed by atoms with E-state index >= 15 is 0 Å². The Morgan fingerprint density at radius 3 is 2.47 bits per heavy atom. The lowest BCUT2D eigenvalue weighted by atomic mass is 9.99. The fourth-order valence-corrected chi connectivity index (χ4v) is 5.93. The van der Waals surface area contributed by atoms with Crippen molar-refractivity contribution in [1.82, 2.24) is 9.03 Å². The summed E-state index contributed by atoms with van der Waals surface area (Å²) in [5, 5.41) is 0. The third-order valence-corrected chi connectivity index (χ3v) is 6.86. The number of rotatable bonds is 5. The van der Waals surface area contributed by atoms with Crippen molar-refractivity contribution in [2.24, 2.45) is 17.6 Å². The van der Waals surface area contributed by atoms with Gasteiger partial charge in [-0.1, -0.05) is 12.8 Å². The lowest BCUT2D eigenvalue weighted by Crippen LogP contribution is -2.52. The highest BCUT2D eigenvalue weighted by atomic mass is 32.2. The van der Waals surface area contributed by atoms with Crippen LogP contribution in [0.5, 0.6) is 0 Å². The normalized spacial score (nSPS) is 34.2. The zero-order valence-corrected chi connectivity index (χ0v) is 12.2. The molecule has 6 heteroatoms. The fraction of sp³-hybridized carbons (Fsp3) is 1.00. The zero-order valence-electron chi connectivity index (χ0n) is 11.4. The summed E-state index contributed by atoms with van der Waals surface area (Å²) >= 11 is 0. The van der Waals surface area contributed by atoms with E-state index in [2.05, 4.69) is 4.72 Å². The molecule has 19 heavy (non-hydrogen) atoms. The molecular weight excluding hydrogens is 262 g/mol. The van der Waals surface area contributed by atoms with Crippen LogP contribution in [0.2, 0.25) is 0 Å². The molecule has 110 valence electrons. The Hall–Kier alpha value is -0.170. The van der Waals surface area contributed by atoms with Gasteiger partial charge in [-0.25, -0.2) is 0 Å². The molecule has 0 aromatic rings. The maximum absolute atomic E-state index is 12.5. The first-order chi connectivity index (χ1) is 9.10. The van der Waals surface area contributed by atoms with Gasteiger partial charge in [0, 0.05) is 25.2 Å². The van der Waals surface area contributed by atoms with E-state index in [0.29, 0.717) is 24.9 Å². The Kier molecular flexibility index (Phi) is 3.86. The first-order valence-corrected chi connectivity index (χ1v) is 9.03. The quantitative estimate of drug-likeness (QED) is 0.786. The summed E-state index contributed by atoms with van der Waals surface area (Å²) in [6, 6.07) is 0.163. The van der Waals surface area contributed by atoms with Crippen molar-refractivity contribution >= 4 is 10.2 Å². The average molecular weight is 287 g/mol. The van der Waals surface area contributed by atoms with E-state index in [1.807, 2.05) is 0 Å². The van der Waals surface area contributed by atoms with Crippen LogP contribution in [0.1, 0.15) is 44.9 Å².